The van der Waals surface area contributed by atoms with Crippen molar-refractivity contribution in [2.75, 3.05) is 0 Å². The minimum atomic E-state index is -3.90. The van der Waals surface area contributed by atoms with Crippen LogP contribution in [-0.4, -0.2) is 25.5 Å². The van der Waals surface area contributed by atoms with Gasteiger partial charge in [0, 0.05) is 0 Å². The van der Waals surface area contributed by atoms with Crippen LogP contribution in [0.15, 0.2) is 29.2 Å². The Morgan fingerprint density at radius 2 is 1.90 bits per heavy atom. The van der Waals surface area contributed by atoms with Crippen LogP contribution in [0.25, 0.3) is 0 Å². The van der Waals surface area contributed by atoms with Crippen LogP contribution >= 0.6 is 0 Å². The number of nitriles is 1. The van der Waals surface area contributed by atoms with E-state index in [1.165, 1.54) is 24.3 Å². The molecule has 0 spiro atoms. The molecule has 0 unspecified atom stereocenters. The molecule has 0 amide bonds. The summed E-state index contributed by atoms with van der Waals surface area (Å²) in [6.45, 7) is 3.64. The van der Waals surface area contributed by atoms with Gasteiger partial charge in [-0.05, 0) is 30.0 Å². The van der Waals surface area contributed by atoms with Crippen LogP contribution in [-0.2, 0) is 21.2 Å². The van der Waals surface area contributed by atoms with Crippen LogP contribution in [0.1, 0.15) is 25.8 Å². The lowest BCUT2D eigenvalue weighted by Crippen LogP contribution is -2.41. The van der Waals surface area contributed by atoms with Crippen LogP contribution in [0, 0.1) is 17.2 Å². The molecule has 7 heteroatoms. The van der Waals surface area contributed by atoms with Crippen molar-refractivity contribution in [1.82, 2.24) is 4.72 Å². The molecule has 0 bridgehead atoms. The van der Waals surface area contributed by atoms with E-state index < -0.39 is 22.0 Å². The van der Waals surface area contributed by atoms with E-state index in [1.54, 1.807) is 0 Å². The molecule has 1 atom stereocenters. The summed E-state index contributed by atoms with van der Waals surface area (Å²) in [5.74, 6) is -1.15. The lowest BCUT2D eigenvalue weighted by Gasteiger charge is -2.16. The molecule has 1 aromatic carbocycles. The quantitative estimate of drug-likeness (QED) is 0.794. The molecule has 6 nitrogen and oxygen atoms in total. The van der Waals surface area contributed by atoms with E-state index in [0.717, 1.165) is 0 Å². The molecule has 1 rings (SSSR count). The van der Waals surface area contributed by atoms with Crippen molar-refractivity contribution in [3.63, 3.8) is 0 Å². The number of hydrogen-bond donors (Lipinski definition) is 2. The van der Waals surface area contributed by atoms with Crippen LogP contribution in [0.4, 0.5) is 0 Å². The van der Waals surface area contributed by atoms with E-state index in [9.17, 15) is 13.2 Å². The molecule has 0 aliphatic carbocycles. The zero-order valence-corrected chi connectivity index (χ0v) is 12.7. The summed E-state index contributed by atoms with van der Waals surface area (Å²) in [6, 6.07) is 6.61. The summed E-state index contributed by atoms with van der Waals surface area (Å²) in [4.78, 5) is 11.1. The largest absolute Gasteiger partial charge is 0.480 e. The third-order valence-electron chi connectivity index (χ3n) is 2.82. The van der Waals surface area contributed by atoms with E-state index in [1.807, 2.05) is 19.9 Å². The molecule has 0 aromatic heterocycles. The van der Waals surface area contributed by atoms with Crippen LogP contribution in [0.2, 0.25) is 0 Å². The molecule has 0 radical (unpaired) electrons. The lowest BCUT2D eigenvalue weighted by atomic mass is 10.1. The average molecular weight is 310 g/mol. The van der Waals surface area contributed by atoms with Gasteiger partial charge in [0.2, 0.25) is 10.0 Å². The van der Waals surface area contributed by atoms with Crippen LogP contribution < -0.4 is 4.72 Å². The van der Waals surface area contributed by atoms with E-state index in [-0.39, 0.29) is 23.7 Å². The number of nitrogens with zero attached hydrogens (tertiary/aromatic N) is 1. The smallest absolute Gasteiger partial charge is 0.321 e. The van der Waals surface area contributed by atoms with Crippen LogP contribution in [0.5, 0.6) is 0 Å². The highest BCUT2D eigenvalue weighted by atomic mass is 32.2. The molecule has 21 heavy (non-hydrogen) atoms. The fourth-order valence-corrected chi connectivity index (χ4v) is 3.01. The Morgan fingerprint density at radius 1 is 1.33 bits per heavy atom. The summed E-state index contributed by atoms with van der Waals surface area (Å²) < 4.78 is 26.5. The van der Waals surface area contributed by atoms with Crippen molar-refractivity contribution in [1.29, 1.82) is 5.26 Å². The van der Waals surface area contributed by atoms with Crippen molar-refractivity contribution in [2.45, 2.75) is 37.6 Å². The van der Waals surface area contributed by atoms with Gasteiger partial charge in [0.25, 0.3) is 0 Å². The van der Waals surface area contributed by atoms with Gasteiger partial charge in [0.05, 0.1) is 17.4 Å². The second-order valence-electron chi connectivity index (χ2n) is 5.12. The first-order valence-electron chi connectivity index (χ1n) is 6.47. The van der Waals surface area contributed by atoms with Gasteiger partial charge in [-0.2, -0.15) is 9.98 Å². The third-order valence-corrected chi connectivity index (χ3v) is 4.31. The number of sulfonamides is 1. The number of benzene rings is 1. The Bertz CT molecular complexity index is 630. The summed E-state index contributed by atoms with van der Waals surface area (Å²) >= 11 is 0. The minimum Gasteiger partial charge on any atom is -0.480 e. The van der Waals surface area contributed by atoms with Gasteiger partial charge < -0.3 is 5.11 Å². The number of nitrogens with one attached hydrogen (secondary N) is 1. The van der Waals surface area contributed by atoms with Crippen molar-refractivity contribution in [3.05, 3.63) is 29.8 Å². The predicted molar refractivity (Wildman–Crippen MR) is 77.0 cm³/mol. The van der Waals surface area contributed by atoms with E-state index in [0.29, 0.717) is 5.56 Å². The second-order valence-corrected chi connectivity index (χ2v) is 6.83. The monoisotopic (exact) mass is 310 g/mol. The number of carbonyl (C=O) groups is 1. The zero-order chi connectivity index (χ0) is 16.0. The highest BCUT2D eigenvalue weighted by Gasteiger charge is 2.25. The number of hydrogen-bond acceptors (Lipinski definition) is 4. The maximum absolute atomic E-state index is 12.2. The fourth-order valence-electron chi connectivity index (χ4n) is 1.80. The molecule has 0 heterocycles. The molecule has 0 saturated heterocycles. The van der Waals surface area contributed by atoms with Gasteiger partial charge in [0.15, 0.2) is 0 Å². The molecule has 0 fully saturated rings. The summed E-state index contributed by atoms with van der Waals surface area (Å²) in [7, 11) is -3.90. The van der Waals surface area contributed by atoms with Crippen molar-refractivity contribution in [2.24, 2.45) is 5.92 Å². The van der Waals surface area contributed by atoms with Gasteiger partial charge in [-0.15, -0.1) is 0 Å². The summed E-state index contributed by atoms with van der Waals surface area (Å²) in [5.41, 5.74) is 0.702. The fraction of sp³-hybridized carbons (Fsp3) is 0.429. The number of carboxylic acid groups (broad SMARTS) is 1. The molecule has 2 N–H and O–H groups in total. The van der Waals surface area contributed by atoms with Crippen LogP contribution in [0.3, 0.4) is 0 Å². The topological polar surface area (TPSA) is 107 Å². The number of aliphatic carboxylic acids is 1. The molecular formula is C14H18N2O4S. The highest BCUT2D eigenvalue weighted by molar-refractivity contribution is 7.89. The molecule has 0 aliphatic heterocycles. The normalized spacial score (nSPS) is 12.9. The third kappa shape index (κ3) is 5.17. The van der Waals surface area contributed by atoms with Crippen molar-refractivity contribution >= 4 is 16.0 Å². The Morgan fingerprint density at radius 3 is 2.33 bits per heavy atom. The summed E-state index contributed by atoms with van der Waals surface area (Å²) in [6.07, 6.45) is 0.403. The Hall–Kier alpha value is -1.91. The lowest BCUT2D eigenvalue weighted by molar-refractivity contribution is -0.139. The van der Waals surface area contributed by atoms with Gasteiger partial charge in [-0.1, -0.05) is 26.0 Å². The Kier molecular flexibility index (Phi) is 5.88. The summed E-state index contributed by atoms with van der Waals surface area (Å²) in [5, 5.41) is 17.7. The van der Waals surface area contributed by atoms with Crippen molar-refractivity contribution in [3.8, 4) is 6.07 Å². The maximum atomic E-state index is 12.2. The van der Waals surface area contributed by atoms with Gasteiger partial charge in [-0.25, -0.2) is 8.42 Å². The Labute approximate surface area is 124 Å². The first-order valence-corrected chi connectivity index (χ1v) is 7.95. The molecule has 0 aliphatic rings. The molecule has 1 aromatic rings. The standard InChI is InChI=1S/C14H18N2O4S/c1-10(2)9-13(14(17)18)16-21(19,20)12-5-3-11(4-6-12)7-8-15/h3-6,10,13,16H,7,9H2,1-2H3,(H,17,18)/t13-/m0/s1. The molecule has 0 saturated carbocycles. The molecule has 114 valence electrons. The highest BCUT2D eigenvalue weighted by Crippen LogP contribution is 2.14. The number of rotatable bonds is 7. The van der Waals surface area contributed by atoms with Gasteiger partial charge in [-0.3, -0.25) is 4.79 Å². The molecular weight excluding hydrogens is 292 g/mol. The van der Waals surface area contributed by atoms with E-state index >= 15 is 0 Å². The zero-order valence-electron chi connectivity index (χ0n) is 11.9. The first kappa shape index (κ1) is 17.1. The first-order chi connectivity index (χ1) is 9.76. The second kappa shape index (κ2) is 7.20. The van der Waals surface area contributed by atoms with E-state index in [2.05, 4.69) is 4.72 Å². The van der Waals surface area contributed by atoms with Crippen molar-refractivity contribution < 1.29 is 18.3 Å². The van der Waals surface area contributed by atoms with Gasteiger partial charge >= 0.3 is 5.97 Å². The predicted octanol–water partition coefficient (Wildman–Crippen LogP) is 1.53. The van der Waals surface area contributed by atoms with E-state index in [4.69, 9.17) is 10.4 Å². The van der Waals surface area contributed by atoms with Gasteiger partial charge in [0.1, 0.15) is 6.04 Å². The Balaban J connectivity index is 2.94. The maximum Gasteiger partial charge on any atom is 0.321 e. The minimum absolute atomic E-state index is 0.0146. The SMILES string of the molecule is CC(C)C[C@H](NS(=O)(=O)c1ccc(CC#N)cc1)C(=O)O. The average Bonchev–Trinajstić information content (AvgIpc) is 2.38. The number of carboxylic acids is 1.